The van der Waals surface area contributed by atoms with Crippen molar-refractivity contribution in [3.63, 3.8) is 0 Å². The molecule has 0 aliphatic rings. The predicted molar refractivity (Wildman–Crippen MR) is 196 cm³/mol. The first-order chi connectivity index (χ1) is 23.8. The Morgan fingerprint density at radius 2 is 0.784 bits per heavy atom. The van der Waals surface area contributed by atoms with Crippen LogP contribution in [-0.4, -0.2) is 20.4 Å². The van der Waals surface area contributed by atoms with Gasteiger partial charge >= 0.3 is 6.18 Å². The summed E-state index contributed by atoms with van der Waals surface area (Å²) in [6.07, 6.45) is -4.61. The van der Waals surface area contributed by atoms with E-state index in [1.807, 2.05) is 0 Å². The maximum atomic E-state index is 14.0. The standard InChI is InChI=1S/C39H42F3N5O4/c1-21-12-31(13-22(2)35(21)48)44-46(33-16-25(5)37(50)26(6)17-33)47(34-18-27(7)38(51)28(8)19-34)45(32-14-23(3)36(49)24(4)15-32)43-30-11-9-10-29(20-30)39(40,41)42/h9-20,43-44,48-51H,1-8H3. The van der Waals surface area contributed by atoms with Gasteiger partial charge in [0.2, 0.25) is 0 Å². The Bertz CT molecular complexity index is 2030. The summed E-state index contributed by atoms with van der Waals surface area (Å²) in [5.74, 6) is 0.373. The minimum absolute atomic E-state index is 0.0652. The number of hydrogen-bond donors (Lipinski definition) is 6. The van der Waals surface area contributed by atoms with Gasteiger partial charge in [0.05, 0.1) is 34.0 Å². The number of aromatic hydroxyl groups is 4. The molecule has 5 rings (SSSR count). The van der Waals surface area contributed by atoms with Crippen LogP contribution in [-0.2, 0) is 6.18 Å². The number of aryl methyl sites for hydroxylation is 8. The van der Waals surface area contributed by atoms with Gasteiger partial charge in [0.25, 0.3) is 0 Å². The maximum absolute atomic E-state index is 14.0. The monoisotopic (exact) mass is 701 g/mol. The molecule has 0 bridgehead atoms. The zero-order valence-electron chi connectivity index (χ0n) is 29.7. The van der Waals surface area contributed by atoms with E-state index in [-0.39, 0.29) is 28.7 Å². The number of hydrazine groups is 4. The topological polar surface area (TPSA) is 115 Å². The number of alkyl halides is 3. The molecule has 0 saturated heterocycles. The number of rotatable bonds is 9. The van der Waals surface area contributed by atoms with Crippen LogP contribution in [0.25, 0.3) is 0 Å². The van der Waals surface area contributed by atoms with E-state index in [0.717, 1.165) is 12.1 Å². The maximum Gasteiger partial charge on any atom is 0.416 e. The average Bonchev–Trinajstić information content (AvgIpc) is 3.05. The molecule has 0 amide bonds. The number of phenolic OH excluding ortho intramolecular Hbond substituents is 4. The fourth-order valence-corrected chi connectivity index (χ4v) is 5.95. The lowest BCUT2D eigenvalue weighted by Crippen LogP contribution is -2.59. The molecule has 9 nitrogen and oxygen atoms in total. The summed E-state index contributed by atoms with van der Waals surface area (Å²) in [6, 6.07) is 18.6. The summed E-state index contributed by atoms with van der Waals surface area (Å²) in [5, 5.41) is 47.8. The van der Waals surface area contributed by atoms with Crippen LogP contribution in [0.15, 0.2) is 72.8 Å². The second kappa shape index (κ2) is 13.8. The lowest BCUT2D eigenvalue weighted by Gasteiger charge is -2.46. The molecule has 0 fully saturated rings. The number of halogens is 3. The minimum atomic E-state index is -4.61. The second-order valence-electron chi connectivity index (χ2n) is 13.0. The Kier molecular flexibility index (Phi) is 9.82. The van der Waals surface area contributed by atoms with E-state index in [9.17, 15) is 33.6 Å². The largest absolute Gasteiger partial charge is 0.507 e. The van der Waals surface area contributed by atoms with Crippen LogP contribution < -0.4 is 26.2 Å². The van der Waals surface area contributed by atoms with E-state index < -0.39 is 11.7 Å². The Balaban J connectivity index is 1.87. The zero-order valence-corrected chi connectivity index (χ0v) is 29.7. The SMILES string of the molecule is Cc1cc(NN(c2cc(C)c(O)c(C)c2)N(c2cc(C)c(O)c(C)c2)N(Nc2cccc(C(F)(F)F)c2)c2cc(C)c(O)c(C)c2)cc(C)c1O. The fraction of sp³-hybridized carbons (Fsp3) is 0.231. The van der Waals surface area contributed by atoms with Crippen molar-refractivity contribution in [2.75, 3.05) is 26.2 Å². The highest BCUT2D eigenvalue weighted by molar-refractivity contribution is 5.74. The Morgan fingerprint density at radius 3 is 1.16 bits per heavy atom. The number of nitrogens with zero attached hydrogens (tertiary/aromatic N) is 3. The van der Waals surface area contributed by atoms with Crippen molar-refractivity contribution in [2.45, 2.75) is 61.6 Å². The summed E-state index contributed by atoms with van der Waals surface area (Å²) < 4.78 is 41.9. The quantitative estimate of drug-likeness (QED) is 0.0660. The molecule has 0 heterocycles. The lowest BCUT2D eigenvalue weighted by atomic mass is 10.1. The van der Waals surface area contributed by atoms with Crippen LogP contribution >= 0.6 is 0 Å². The molecule has 0 aromatic heterocycles. The highest BCUT2D eigenvalue weighted by Gasteiger charge is 2.32. The van der Waals surface area contributed by atoms with Crippen LogP contribution in [0.2, 0.25) is 0 Å². The molecule has 6 N–H and O–H groups in total. The van der Waals surface area contributed by atoms with E-state index in [4.69, 9.17) is 0 Å². The Morgan fingerprint density at radius 1 is 0.451 bits per heavy atom. The molecule has 0 radical (unpaired) electrons. The van der Waals surface area contributed by atoms with E-state index in [1.165, 1.54) is 17.3 Å². The molecule has 5 aromatic carbocycles. The van der Waals surface area contributed by atoms with E-state index in [0.29, 0.717) is 67.3 Å². The fourth-order valence-electron chi connectivity index (χ4n) is 5.95. The van der Waals surface area contributed by atoms with Crippen LogP contribution in [0.3, 0.4) is 0 Å². The van der Waals surface area contributed by atoms with Crippen molar-refractivity contribution in [3.8, 4) is 23.0 Å². The normalized spacial score (nSPS) is 11.4. The van der Waals surface area contributed by atoms with Gasteiger partial charge < -0.3 is 20.4 Å². The molecule has 5 aromatic rings. The van der Waals surface area contributed by atoms with Crippen molar-refractivity contribution >= 4 is 28.4 Å². The third-order valence-electron chi connectivity index (χ3n) is 8.68. The summed E-state index contributed by atoms with van der Waals surface area (Å²) in [7, 11) is 0. The van der Waals surface area contributed by atoms with Crippen LogP contribution in [0, 0.1) is 55.4 Å². The van der Waals surface area contributed by atoms with Gasteiger partial charge in [0.15, 0.2) is 0 Å². The molecule has 0 aliphatic heterocycles. The van der Waals surface area contributed by atoms with Crippen LogP contribution in [0.5, 0.6) is 23.0 Å². The number of benzene rings is 5. The molecule has 0 spiro atoms. The first kappa shape index (κ1) is 36.4. The van der Waals surface area contributed by atoms with Crippen molar-refractivity contribution in [2.24, 2.45) is 0 Å². The zero-order chi connectivity index (χ0) is 37.5. The Hall–Kier alpha value is -5.91. The molecule has 268 valence electrons. The van der Waals surface area contributed by atoms with Gasteiger partial charge in [-0.05, 0) is 167 Å². The van der Waals surface area contributed by atoms with Crippen molar-refractivity contribution < 1.29 is 33.6 Å². The van der Waals surface area contributed by atoms with Gasteiger partial charge in [0.1, 0.15) is 23.0 Å². The lowest BCUT2D eigenvalue weighted by molar-refractivity contribution is -0.137. The van der Waals surface area contributed by atoms with Crippen molar-refractivity contribution in [1.29, 1.82) is 0 Å². The first-order valence-corrected chi connectivity index (χ1v) is 16.2. The molecular formula is C39H42F3N5O4. The number of anilines is 5. The van der Waals surface area contributed by atoms with Crippen LogP contribution in [0.1, 0.15) is 50.1 Å². The first-order valence-electron chi connectivity index (χ1n) is 16.2. The number of nitrogens with one attached hydrogen (secondary N) is 2. The highest BCUT2D eigenvalue weighted by atomic mass is 19.4. The predicted octanol–water partition coefficient (Wildman–Crippen LogP) is 9.70. The smallest absolute Gasteiger partial charge is 0.416 e. The number of hydrogen-bond acceptors (Lipinski definition) is 9. The van der Waals surface area contributed by atoms with Gasteiger partial charge in [-0.1, -0.05) is 6.07 Å². The molecule has 0 atom stereocenters. The molecule has 51 heavy (non-hydrogen) atoms. The van der Waals surface area contributed by atoms with Gasteiger partial charge in [-0.3, -0.25) is 10.9 Å². The summed E-state index contributed by atoms with van der Waals surface area (Å²) in [4.78, 5) is 0. The van der Waals surface area contributed by atoms with Gasteiger partial charge in [-0.2, -0.15) is 28.5 Å². The number of phenols is 4. The molecule has 0 saturated carbocycles. The van der Waals surface area contributed by atoms with E-state index >= 15 is 0 Å². The second-order valence-corrected chi connectivity index (χ2v) is 13.0. The minimum Gasteiger partial charge on any atom is -0.507 e. The van der Waals surface area contributed by atoms with Gasteiger partial charge in [-0.25, -0.2) is 0 Å². The molecular weight excluding hydrogens is 659 g/mol. The summed E-state index contributed by atoms with van der Waals surface area (Å²) >= 11 is 0. The van der Waals surface area contributed by atoms with Crippen molar-refractivity contribution in [3.05, 3.63) is 123 Å². The van der Waals surface area contributed by atoms with Crippen LogP contribution in [0.4, 0.5) is 41.6 Å². The summed E-state index contributed by atoms with van der Waals surface area (Å²) in [6.45, 7) is 14.0. The molecule has 0 unspecified atom stereocenters. The van der Waals surface area contributed by atoms with Crippen molar-refractivity contribution in [1.82, 2.24) is 0 Å². The summed E-state index contributed by atoms with van der Waals surface area (Å²) in [5.41, 5.74) is 12.2. The van der Waals surface area contributed by atoms with Gasteiger partial charge in [0, 0.05) is 0 Å². The Labute approximate surface area is 295 Å². The van der Waals surface area contributed by atoms with E-state index in [2.05, 4.69) is 10.9 Å². The third-order valence-corrected chi connectivity index (χ3v) is 8.68. The third kappa shape index (κ3) is 7.49. The molecule has 0 aliphatic carbocycles. The average molecular weight is 702 g/mol. The van der Waals surface area contributed by atoms with Gasteiger partial charge in [-0.15, -0.1) is 0 Å². The molecule has 12 heteroatoms. The van der Waals surface area contributed by atoms with E-state index in [1.54, 1.807) is 114 Å². The highest BCUT2D eigenvalue weighted by Crippen LogP contribution is 2.39.